The van der Waals surface area contributed by atoms with E-state index in [-0.39, 0.29) is 5.41 Å². The number of anilines is 2. The second-order valence-corrected chi connectivity index (χ2v) is 14.8. The van der Waals surface area contributed by atoms with Gasteiger partial charge in [0.25, 0.3) is 0 Å². The number of nitrogen functional groups attached to an aromatic ring is 2. The highest BCUT2D eigenvalue weighted by molar-refractivity contribution is 5.47. The summed E-state index contributed by atoms with van der Waals surface area (Å²) < 4.78 is 0. The van der Waals surface area contributed by atoms with E-state index in [9.17, 15) is 0 Å². The fourth-order valence-corrected chi connectivity index (χ4v) is 8.47. The lowest BCUT2D eigenvalue weighted by molar-refractivity contribution is 0.251. The summed E-state index contributed by atoms with van der Waals surface area (Å²) >= 11 is 0. The summed E-state index contributed by atoms with van der Waals surface area (Å²) in [5, 5.41) is 0. The third-order valence-electron chi connectivity index (χ3n) is 11.5. The molecule has 0 aromatic heterocycles. The summed E-state index contributed by atoms with van der Waals surface area (Å²) in [6.45, 7) is 6.91. The maximum atomic E-state index is 6.08. The van der Waals surface area contributed by atoms with Crippen LogP contribution in [0, 0.1) is 5.92 Å². The Labute approximate surface area is 292 Å². The largest absolute Gasteiger partial charge is 0.399 e. The molecule has 1 saturated carbocycles. The van der Waals surface area contributed by atoms with Crippen LogP contribution < -0.4 is 11.5 Å². The number of rotatable bonds is 17. The van der Waals surface area contributed by atoms with Gasteiger partial charge in [-0.3, -0.25) is 0 Å². The highest BCUT2D eigenvalue weighted by Gasteiger charge is 2.38. The van der Waals surface area contributed by atoms with Gasteiger partial charge in [0, 0.05) is 28.6 Å². The third kappa shape index (κ3) is 8.93. The third-order valence-corrected chi connectivity index (χ3v) is 11.5. The van der Waals surface area contributed by atoms with Crippen molar-refractivity contribution in [2.24, 2.45) is 5.92 Å². The summed E-state index contributed by atoms with van der Waals surface area (Å²) in [7, 11) is 0. The van der Waals surface area contributed by atoms with Crippen LogP contribution in [0.4, 0.5) is 11.4 Å². The minimum Gasteiger partial charge on any atom is -0.399 e. The van der Waals surface area contributed by atoms with Crippen molar-refractivity contribution < 1.29 is 0 Å². The summed E-state index contributed by atoms with van der Waals surface area (Å²) in [4.78, 5) is 0. The Hall–Kier alpha value is -3.52. The average molecular weight is 643 g/mol. The molecule has 0 amide bonds. The Morgan fingerprint density at radius 1 is 0.500 bits per heavy atom. The Balaban J connectivity index is 1.46. The van der Waals surface area contributed by atoms with Crippen LogP contribution in [0.5, 0.6) is 0 Å². The molecule has 0 bridgehead atoms. The van der Waals surface area contributed by atoms with Gasteiger partial charge in [0.2, 0.25) is 0 Å². The van der Waals surface area contributed by atoms with E-state index < -0.39 is 0 Å². The van der Waals surface area contributed by atoms with Crippen molar-refractivity contribution in [2.45, 2.75) is 134 Å². The minimum absolute atomic E-state index is 0.0670. The van der Waals surface area contributed by atoms with Gasteiger partial charge in [-0.05, 0) is 102 Å². The predicted octanol–water partition coefficient (Wildman–Crippen LogP) is 12.9. The van der Waals surface area contributed by atoms with Crippen molar-refractivity contribution in [3.63, 3.8) is 0 Å². The molecule has 0 aliphatic heterocycles. The van der Waals surface area contributed by atoms with E-state index in [1.165, 1.54) is 130 Å². The van der Waals surface area contributed by atoms with Crippen LogP contribution in [0.2, 0.25) is 0 Å². The first kappa shape index (κ1) is 35.8. The van der Waals surface area contributed by atoms with Crippen LogP contribution in [0.15, 0.2) is 97.1 Å². The smallest absolute Gasteiger partial charge is 0.0314 e. The van der Waals surface area contributed by atoms with Crippen LogP contribution >= 0.6 is 0 Å². The number of benzene rings is 4. The summed E-state index contributed by atoms with van der Waals surface area (Å²) in [5.41, 5.74) is 22.5. The fourth-order valence-electron chi connectivity index (χ4n) is 8.47. The van der Waals surface area contributed by atoms with E-state index in [1.807, 2.05) is 0 Å². The van der Waals surface area contributed by atoms with Crippen molar-refractivity contribution in [3.8, 4) is 0 Å². The van der Waals surface area contributed by atoms with E-state index in [2.05, 4.69) is 118 Å². The topological polar surface area (TPSA) is 52.0 Å². The van der Waals surface area contributed by atoms with E-state index >= 15 is 0 Å². The molecule has 0 radical (unpaired) electrons. The molecule has 2 heteroatoms. The molecule has 5 rings (SSSR count). The van der Waals surface area contributed by atoms with E-state index in [0.717, 1.165) is 17.3 Å². The van der Waals surface area contributed by atoms with Gasteiger partial charge in [0.05, 0.1) is 0 Å². The van der Waals surface area contributed by atoms with Crippen molar-refractivity contribution in [2.75, 3.05) is 11.5 Å². The normalized spacial score (nSPS) is 19.2. The molecule has 256 valence electrons. The molecule has 0 saturated heterocycles. The molecule has 1 aliphatic carbocycles. The Kier molecular flexibility index (Phi) is 13.2. The molecule has 1 fully saturated rings. The molecular formula is C46H62N2. The minimum atomic E-state index is 0.0670. The lowest BCUT2D eigenvalue weighted by Gasteiger charge is -2.42. The van der Waals surface area contributed by atoms with E-state index in [0.29, 0.717) is 11.8 Å². The monoisotopic (exact) mass is 642 g/mol. The zero-order valence-corrected chi connectivity index (χ0v) is 30.2. The zero-order chi connectivity index (χ0) is 33.8. The first-order chi connectivity index (χ1) is 23.5. The van der Waals surface area contributed by atoms with Crippen LogP contribution in [-0.2, 0) is 5.41 Å². The van der Waals surface area contributed by atoms with Gasteiger partial charge in [-0.15, -0.1) is 0 Å². The SMILES string of the molecule is CCCCCC(c1ccc(N)cc1)c1ccc(C2(c3ccc(C(CCCCC)c4ccc(N)cc4)cc3)CCC(CCCC)CC2)cc1. The molecule has 48 heavy (non-hydrogen) atoms. The Morgan fingerprint density at radius 3 is 1.21 bits per heavy atom. The molecule has 2 nitrogen and oxygen atoms in total. The first-order valence-electron chi connectivity index (χ1n) is 19.4. The quantitative estimate of drug-likeness (QED) is 0.0889. The van der Waals surface area contributed by atoms with Crippen molar-refractivity contribution in [1.82, 2.24) is 0 Å². The molecule has 4 aromatic carbocycles. The second-order valence-electron chi connectivity index (χ2n) is 14.8. The van der Waals surface area contributed by atoms with Gasteiger partial charge in [-0.25, -0.2) is 0 Å². The maximum absolute atomic E-state index is 6.08. The second kappa shape index (κ2) is 17.8. The van der Waals surface area contributed by atoms with Gasteiger partial charge in [0.1, 0.15) is 0 Å². The molecule has 0 spiro atoms. The van der Waals surface area contributed by atoms with Crippen molar-refractivity contribution in [3.05, 3.63) is 130 Å². The van der Waals surface area contributed by atoms with Crippen LogP contribution in [0.1, 0.15) is 162 Å². The number of unbranched alkanes of at least 4 members (excludes halogenated alkanes) is 5. The number of hydrogen-bond donors (Lipinski definition) is 2. The van der Waals surface area contributed by atoms with E-state index in [1.54, 1.807) is 0 Å². The summed E-state index contributed by atoms with van der Waals surface area (Å²) in [6, 6.07) is 37.0. The van der Waals surface area contributed by atoms with Crippen molar-refractivity contribution in [1.29, 1.82) is 0 Å². The molecular weight excluding hydrogens is 581 g/mol. The van der Waals surface area contributed by atoms with Crippen LogP contribution in [-0.4, -0.2) is 0 Å². The number of hydrogen-bond acceptors (Lipinski definition) is 2. The van der Waals surface area contributed by atoms with Crippen LogP contribution in [0.25, 0.3) is 0 Å². The number of nitrogens with two attached hydrogens (primary N) is 2. The lowest BCUT2D eigenvalue weighted by Crippen LogP contribution is -2.33. The van der Waals surface area contributed by atoms with Gasteiger partial charge < -0.3 is 11.5 Å². The van der Waals surface area contributed by atoms with Crippen molar-refractivity contribution >= 4 is 11.4 Å². The summed E-state index contributed by atoms with van der Waals surface area (Å²) in [5.74, 6) is 1.67. The predicted molar refractivity (Wildman–Crippen MR) is 209 cm³/mol. The average Bonchev–Trinajstić information content (AvgIpc) is 3.13. The van der Waals surface area contributed by atoms with Crippen LogP contribution in [0.3, 0.4) is 0 Å². The standard InChI is InChI=1S/C46H62N2/c1-4-7-10-13-44(38-19-27-42(47)28-20-38)36-15-23-40(24-16-36)46(33-31-35(32-34-46)12-9-6-3)41-25-17-37(18-26-41)45(14-11-8-5-2)39-21-29-43(48)30-22-39/h15-30,35,44-45H,4-14,31-34,47-48H2,1-3H3. The van der Waals surface area contributed by atoms with Gasteiger partial charge in [-0.1, -0.05) is 151 Å². The Morgan fingerprint density at radius 2 is 0.854 bits per heavy atom. The highest BCUT2D eigenvalue weighted by Crippen LogP contribution is 2.48. The molecule has 0 heterocycles. The zero-order valence-electron chi connectivity index (χ0n) is 30.2. The van der Waals surface area contributed by atoms with E-state index in [4.69, 9.17) is 11.5 Å². The summed E-state index contributed by atoms with van der Waals surface area (Å²) in [6.07, 6.45) is 19.0. The Bertz CT molecular complexity index is 1370. The first-order valence-corrected chi connectivity index (χ1v) is 19.4. The van der Waals surface area contributed by atoms with Gasteiger partial charge >= 0.3 is 0 Å². The highest BCUT2D eigenvalue weighted by atomic mass is 14.5. The lowest BCUT2D eigenvalue weighted by atomic mass is 9.62. The van der Waals surface area contributed by atoms with Gasteiger partial charge in [-0.2, -0.15) is 0 Å². The fraction of sp³-hybridized carbons (Fsp3) is 0.478. The molecule has 2 atom stereocenters. The molecule has 1 aliphatic rings. The maximum Gasteiger partial charge on any atom is 0.0314 e. The molecule has 4 N–H and O–H groups in total. The molecule has 2 unspecified atom stereocenters. The van der Waals surface area contributed by atoms with Gasteiger partial charge in [0.15, 0.2) is 0 Å². The molecule has 4 aromatic rings.